The van der Waals surface area contributed by atoms with Gasteiger partial charge in [-0.15, -0.1) is 5.10 Å². The maximum atomic E-state index is 9.47. The van der Waals surface area contributed by atoms with Crippen molar-refractivity contribution < 1.29 is 5.11 Å². The smallest absolute Gasteiger partial charge is 0.243 e. The molecular weight excluding hydrogens is 264 g/mol. The Labute approximate surface area is 116 Å². The molecule has 2 N–H and O–H groups in total. The van der Waals surface area contributed by atoms with Crippen LogP contribution in [0.1, 0.15) is 25.7 Å². The average Bonchev–Trinajstić information content (AvgIpc) is 2.80. The molecule has 19 heavy (non-hydrogen) atoms. The summed E-state index contributed by atoms with van der Waals surface area (Å²) < 4.78 is 1.68. The van der Waals surface area contributed by atoms with E-state index in [1.807, 2.05) is 6.07 Å². The molecule has 0 aromatic carbocycles. The molecule has 2 aromatic rings. The zero-order valence-corrected chi connectivity index (χ0v) is 11.3. The first-order valence-corrected chi connectivity index (χ1v) is 7.02. The van der Waals surface area contributed by atoms with Gasteiger partial charge in [0.1, 0.15) is 0 Å². The molecule has 102 valence electrons. The van der Waals surface area contributed by atoms with Gasteiger partial charge < -0.3 is 10.4 Å². The lowest BCUT2D eigenvalue weighted by molar-refractivity contribution is 0.111. The van der Waals surface area contributed by atoms with Crippen LogP contribution < -0.4 is 5.32 Å². The van der Waals surface area contributed by atoms with Crippen molar-refractivity contribution in [3.05, 3.63) is 23.4 Å². The van der Waals surface area contributed by atoms with E-state index in [1.54, 1.807) is 16.8 Å². The number of pyridine rings is 1. The van der Waals surface area contributed by atoms with Crippen molar-refractivity contribution in [3.63, 3.8) is 0 Å². The number of hydrogen-bond acceptors (Lipinski definition) is 4. The molecule has 0 radical (unpaired) electrons. The molecule has 2 heterocycles. The molecule has 0 bridgehead atoms. The molecule has 0 aliphatic heterocycles. The molecule has 0 spiro atoms. The lowest BCUT2D eigenvalue weighted by Gasteiger charge is -2.25. The summed E-state index contributed by atoms with van der Waals surface area (Å²) in [6.07, 6.45) is 5.57. The number of aliphatic hydroxyl groups excluding tert-OH is 1. The van der Waals surface area contributed by atoms with Crippen LogP contribution in [0.5, 0.6) is 0 Å². The summed E-state index contributed by atoms with van der Waals surface area (Å²) in [5.74, 6) is 1.23. The third kappa shape index (κ3) is 2.98. The first-order valence-electron chi connectivity index (χ1n) is 6.64. The zero-order chi connectivity index (χ0) is 13.2. The Morgan fingerprint density at radius 3 is 2.89 bits per heavy atom. The number of rotatable bonds is 3. The second-order valence-electron chi connectivity index (χ2n) is 5.14. The first kappa shape index (κ1) is 12.7. The third-order valence-electron chi connectivity index (χ3n) is 3.66. The lowest BCUT2D eigenvalue weighted by Crippen LogP contribution is -2.23. The van der Waals surface area contributed by atoms with Gasteiger partial charge in [0.15, 0.2) is 5.65 Å². The fourth-order valence-corrected chi connectivity index (χ4v) is 2.67. The summed E-state index contributed by atoms with van der Waals surface area (Å²) in [6, 6.07) is 3.65. The molecule has 0 amide bonds. The summed E-state index contributed by atoms with van der Waals surface area (Å²) in [5, 5.41) is 17.7. The van der Waals surface area contributed by atoms with Crippen molar-refractivity contribution in [1.29, 1.82) is 0 Å². The van der Waals surface area contributed by atoms with Crippen LogP contribution in [0.4, 0.5) is 5.95 Å². The van der Waals surface area contributed by atoms with Gasteiger partial charge in [-0.25, -0.2) is 4.52 Å². The number of nitrogens with one attached hydrogen (secondary N) is 1. The van der Waals surface area contributed by atoms with Gasteiger partial charge in [-0.2, -0.15) is 4.98 Å². The highest BCUT2D eigenvalue weighted by Crippen LogP contribution is 2.24. The van der Waals surface area contributed by atoms with E-state index in [-0.39, 0.29) is 6.10 Å². The Bertz CT molecular complexity index is 563. The normalized spacial score (nSPS) is 23.7. The minimum Gasteiger partial charge on any atom is -0.393 e. The highest BCUT2D eigenvalue weighted by atomic mass is 35.5. The Morgan fingerprint density at radius 1 is 1.32 bits per heavy atom. The molecule has 0 atom stereocenters. The van der Waals surface area contributed by atoms with E-state index in [0.717, 1.165) is 37.9 Å². The molecule has 1 saturated carbocycles. The van der Waals surface area contributed by atoms with E-state index in [4.69, 9.17) is 11.6 Å². The Balaban J connectivity index is 1.62. The molecular formula is C13H17ClN4O. The van der Waals surface area contributed by atoms with Gasteiger partial charge in [0, 0.05) is 12.7 Å². The first-order chi connectivity index (χ1) is 9.20. The third-order valence-corrected chi connectivity index (χ3v) is 3.88. The summed E-state index contributed by atoms with van der Waals surface area (Å²) in [4.78, 5) is 4.39. The largest absolute Gasteiger partial charge is 0.393 e. The van der Waals surface area contributed by atoms with Crippen LogP contribution in [0.2, 0.25) is 5.02 Å². The minimum absolute atomic E-state index is 0.105. The average molecular weight is 281 g/mol. The van der Waals surface area contributed by atoms with Crippen LogP contribution in [-0.2, 0) is 0 Å². The maximum absolute atomic E-state index is 9.47. The monoisotopic (exact) mass is 280 g/mol. The Hall–Kier alpha value is -1.33. The van der Waals surface area contributed by atoms with Crippen molar-refractivity contribution in [2.24, 2.45) is 5.92 Å². The predicted octanol–water partition coefficient (Wildman–Crippen LogP) is 2.35. The number of nitrogens with zero attached hydrogens (tertiary/aromatic N) is 3. The quantitative estimate of drug-likeness (QED) is 0.906. The number of fused-ring (bicyclic) bond motifs is 1. The van der Waals surface area contributed by atoms with Crippen molar-refractivity contribution in [2.75, 3.05) is 11.9 Å². The highest BCUT2D eigenvalue weighted by Gasteiger charge is 2.19. The van der Waals surface area contributed by atoms with Crippen molar-refractivity contribution in [2.45, 2.75) is 31.8 Å². The SMILES string of the molecule is OC1CCC(CNc2nc3ccc(Cl)cn3n2)CC1. The van der Waals surface area contributed by atoms with Crippen LogP contribution >= 0.6 is 11.6 Å². The molecule has 0 unspecified atom stereocenters. The minimum atomic E-state index is -0.105. The van der Waals surface area contributed by atoms with E-state index < -0.39 is 0 Å². The summed E-state index contributed by atoms with van der Waals surface area (Å²) in [5.41, 5.74) is 0.783. The lowest BCUT2D eigenvalue weighted by atomic mass is 9.87. The molecule has 6 heteroatoms. The summed E-state index contributed by atoms with van der Waals surface area (Å²) in [6.45, 7) is 0.858. The Kier molecular flexibility index (Phi) is 3.57. The van der Waals surface area contributed by atoms with E-state index in [1.165, 1.54) is 0 Å². The van der Waals surface area contributed by atoms with Gasteiger partial charge >= 0.3 is 0 Å². The standard InChI is InChI=1S/C13H17ClN4O/c14-10-3-6-12-16-13(17-18(12)8-10)15-7-9-1-4-11(19)5-2-9/h3,6,8-9,11,19H,1-2,4-5,7H2,(H,15,17). The highest BCUT2D eigenvalue weighted by molar-refractivity contribution is 6.30. The van der Waals surface area contributed by atoms with Crippen molar-refractivity contribution in [3.8, 4) is 0 Å². The molecule has 1 aliphatic carbocycles. The number of anilines is 1. The van der Waals surface area contributed by atoms with E-state index >= 15 is 0 Å². The fourth-order valence-electron chi connectivity index (χ4n) is 2.52. The molecule has 3 rings (SSSR count). The van der Waals surface area contributed by atoms with Gasteiger partial charge in [-0.1, -0.05) is 11.6 Å². The van der Waals surface area contributed by atoms with Gasteiger partial charge in [-0.3, -0.25) is 0 Å². The van der Waals surface area contributed by atoms with Crippen molar-refractivity contribution in [1.82, 2.24) is 14.6 Å². The molecule has 1 fully saturated rings. The van der Waals surface area contributed by atoms with Crippen LogP contribution in [0.15, 0.2) is 18.3 Å². The van der Waals surface area contributed by atoms with Crippen LogP contribution in [0.3, 0.4) is 0 Å². The fraction of sp³-hybridized carbons (Fsp3) is 0.538. The predicted molar refractivity (Wildman–Crippen MR) is 74.5 cm³/mol. The molecule has 0 saturated heterocycles. The maximum Gasteiger partial charge on any atom is 0.243 e. The molecule has 1 aliphatic rings. The summed E-state index contributed by atoms with van der Waals surface area (Å²) in [7, 11) is 0. The number of aliphatic hydroxyl groups is 1. The van der Waals surface area contributed by atoms with Crippen LogP contribution in [-0.4, -0.2) is 32.4 Å². The second-order valence-corrected chi connectivity index (χ2v) is 5.58. The topological polar surface area (TPSA) is 62.5 Å². The second kappa shape index (κ2) is 5.35. The molecule has 2 aromatic heterocycles. The summed E-state index contributed by atoms with van der Waals surface area (Å²) >= 11 is 5.91. The van der Waals surface area contributed by atoms with Gasteiger partial charge in [0.05, 0.1) is 11.1 Å². The van der Waals surface area contributed by atoms with E-state index in [2.05, 4.69) is 15.4 Å². The van der Waals surface area contributed by atoms with Gasteiger partial charge in [0.2, 0.25) is 5.95 Å². The molecule has 5 nitrogen and oxygen atoms in total. The van der Waals surface area contributed by atoms with E-state index in [0.29, 0.717) is 16.9 Å². The van der Waals surface area contributed by atoms with Gasteiger partial charge in [0.25, 0.3) is 0 Å². The van der Waals surface area contributed by atoms with E-state index in [9.17, 15) is 5.11 Å². The zero-order valence-electron chi connectivity index (χ0n) is 10.6. The van der Waals surface area contributed by atoms with Gasteiger partial charge in [-0.05, 0) is 43.7 Å². The number of hydrogen-bond donors (Lipinski definition) is 2. The number of aromatic nitrogens is 3. The van der Waals surface area contributed by atoms with Crippen LogP contribution in [0.25, 0.3) is 5.65 Å². The van der Waals surface area contributed by atoms with Crippen molar-refractivity contribution >= 4 is 23.2 Å². The number of halogens is 1. The van der Waals surface area contributed by atoms with Crippen LogP contribution in [0, 0.1) is 5.92 Å². The Morgan fingerprint density at radius 2 is 2.11 bits per heavy atom.